The molecule has 1 fully saturated rings. The standard InChI is InChI=1S/C21H22ClN5O2S/c1-25-19(13-17(24-25)15-4-6-16(22)7-5-15)23-20(28)14-26-8-10-27(11-9-26)21(29)18-3-2-12-30-18/h2-7,12-13H,8-11,14H2,1H3,(H,23,28). The van der Waals surface area contributed by atoms with E-state index in [-0.39, 0.29) is 18.4 Å². The maximum atomic E-state index is 12.5. The minimum absolute atomic E-state index is 0.0683. The van der Waals surface area contributed by atoms with E-state index in [2.05, 4.69) is 15.3 Å². The molecule has 0 bridgehead atoms. The first-order valence-corrected chi connectivity index (χ1v) is 10.9. The fraction of sp³-hybridized carbons (Fsp3) is 0.286. The number of thiophene rings is 1. The van der Waals surface area contributed by atoms with Gasteiger partial charge in [-0.3, -0.25) is 19.2 Å². The van der Waals surface area contributed by atoms with Crippen LogP contribution >= 0.6 is 22.9 Å². The monoisotopic (exact) mass is 443 g/mol. The highest BCUT2D eigenvalue weighted by Gasteiger charge is 2.24. The number of carbonyl (C=O) groups is 2. The lowest BCUT2D eigenvalue weighted by Gasteiger charge is -2.34. The van der Waals surface area contributed by atoms with Crippen molar-refractivity contribution >= 4 is 40.6 Å². The predicted octanol–water partition coefficient (Wildman–Crippen LogP) is 3.20. The molecule has 30 heavy (non-hydrogen) atoms. The maximum Gasteiger partial charge on any atom is 0.264 e. The predicted molar refractivity (Wildman–Crippen MR) is 119 cm³/mol. The van der Waals surface area contributed by atoms with Gasteiger partial charge in [0, 0.05) is 49.9 Å². The van der Waals surface area contributed by atoms with E-state index in [0.717, 1.165) is 16.1 Å². The number of rotatable bonds is 5. The number of hydrogen-bond donors (Lipinski definition) is 1. The van der Waals surface area contributed by atoms with Crippen LogP contribution in [0.2, 0.25) is 5.02 Å². The number of aromatic nitrogens is 2. The molecule has 0 aliphatic carbocycles. The first-order chi connectivity index (χ1) is 14.5. The summed E-state index contributed by atoms with van der Waals surface area (Å²) in [7, 11) is 1.80. The molecule has 1 N–H and O–H groups in total. The van der Waals surface area contributed by atoms with Gasteiger partial charge in [-0.25, -0.2) is 0 Å². The van der Waals surface area contributed by atoms with E-state index in [4.69, 9.17) is 11.6 Å². The van der Waals surface area contributed by atoms with Crippen LogP contribution in [0, 0.1) is 0 Å². The molecular weight excluding hydrogens is 422 g/mol. The summed E-state index contributed by atoms with van der Waals surface area (Å²) in [6.45, 7) is 2.87. The van der Waals surface area contributed by atoms with Gasteiger partial charge in [-0.1, -0.05) is 29.8 Å². The zero-order valence-corrected chi connectivity index (χ0v) is 18.1. The molecular formula is C21H22ClN5O2S. The topological polar surface area (TPSA) is 70.5 Å². The first-order valence-electron chi connectivity index (χ1n) is 9.64. The number of hydrogen-bond acceptors (Lipinski definition) is 5. The number of benzene rings is 1. The van der Waals surface area contributed by atoms with E-state index in [1.165, 1.54) is 11.3 Å². The zero-order valence-electron chi connectivity index (χ0n) is 16.5. The Morgan fingerprint density at radius 2 is 1.87 bits per heavy atom. The molecule has 2 aromatic heterocycles. The molecule has 1 aliphatic rings. The molecule has 4 rings (SSSR count). The Hall–Kier alpha value is -2.68. The lowest BCUT2D eigenvalue weighted by molar-refractivity contribution is -0.117. The summed E-state index contributed by atoms with van der Waals surface area (Å²) in [4.78, 5) is 29.6. The molecule has 7 nitrogen and oxygen atoms in total. The molecule has 0 atom stereocenters. The van der Waals surface area contributed by atoms with Crippen LogP contribution in [0.5, 0.6) is 0 Å². The van der Waals surface area contributed by atoms with Crippen LogP contribution in [0.3, 0.4) is 0 Å². The molecule has 0 saturated carbocycles. The normalized spacial score (nSPS) is 14.7. The van der Waals surface area contributed by atoms with Crippen molar-refractivity contribution in [1.29, 1.82) is 0 Å². The third-order valence-corrected chi connectivity index (χ3v) is 6.16. The maximum absolute atomic E-state index is 12.5. The smallest absolute Gasteiger partial charge is 0.264 e. The number of piperazine rings is 1. The Morgan fingerprint density at radius 3 is 2.53 bits per heavy atom. The van der Waals surface area contributed by atoms with Crippen molar-refractivity contribution in [3.63, 3.8) is 0 Å². The lowest BCUT2D eigenvalue weighted by Crippen LogP contribution is -2.50. The molecule has 9 heteroatoms. The molecule has 1 saturated heterocycles. The summed E-state index contributed by atoms with van der Waals surface area (Å²) in [5.74, 6) is 0.605. The molecule has 3 heterocycles. The molecule has 1 aliphatic heterocycles. The van der Waals surface area contributed by atoms with Gasteiger partial charge in [0.25, 0.3) is 5.91 Å². The molecule has 1 aromatic carbocycles. The quantitative estimate of drug-likeness (QED) is 0.657. The van der Waals surface area contributed by atoms with Crippen LogP contribution in [0.15, 0.2) is 47.8 Å². The number of amides is 2. The number of carbonyl (C=O) groups excluding carboxylic acids is 2. The van der Waals surface area contributed by atoms with Crippen molar-refractivity contribution in [2.75, 3.05) is 38.0 Å². The molecule has 2 amide bonds. The van der Waals surface area contributed by atoms with Crippen LogP contribution in [-0.4, -0.2) is 64.1 Å². The molecule has 156 valence electrons. The number of anilines is 1. The Kier molecular flexibility index (Phi) is 6.17. The first kappa shape index (κ1) is 20.6. The zero-order chi connectivity index (χ0) is 21.1. The summed E-state index contributed by atoms with van der Waals surface area (Å²) in [5.41, 5.74) is 1.70. The van der Waals surface area contributed by atoms with E-state index in [1.807, 2.05) is 52.7 Å². The summed E-state index contributed by atoms with van der Waals surface area (Å²) < 4.78 is 1.65. The highest BCUT2D eigenvalue weighted by Crippen LogP contribution is 2.23. The summed E-state index contributed by atoms with van der Waals surface area (Å²) >= 11 is 7.40. The number of halogens is 1. The van der Waals surface area contributed by atoms with Crippen LogP contribution in [-0.2, 0) is 11.8 Å². The summed E-state index contributed by atoms with van der Waals surface area (Å²) in [6.07, 6.45) is 0. The fourth-order valence-corrected chi connectivity index (χ4v) is 4.21. The van der Waals surface area contributed by atoms with Crippen molar-refractivity contribution in [3.05, 3.63) is 57.7 Å². The average molecular weight is 444 g/mol. The largest absolute Gasteiger partial charge is 0.335 e. The molecule has 3 aromatic rings. The Bertz CT molecular complexity index is 1020. The summed E-state index contributed by atoms with van der Waals surface area (Å²) in [6, 6.07) is 13.0. The van der Waals surface area contributed by atoms with Gasteiger partial charge in [0.1, 0.15) is 5.82 Å². The van der Waals surface area contributed by atoms with E-state index in [0.29, 0.717) is 37.0 Å². The Labute approximate surface area is 183 Å². The second-order valence-corrected chi connectivity index (χ2v) is 8.52. The van der Waals surface area contributed by atoms with Crippen molar-refractivity contribution in [3.8, 4) is 11.3 Å². The third kappa shape index (κ3) is 4.72. The SMILES string of the molecule is Cn1nc(-c2ccc(Cl)cc2)cc1NC(=O)CN1CCN(C(=O)c2cccs2)CC1. The number of aryl methyl sites for hydroxylation is 1. The summed E-state index contributed by atoms with van der Waals surface area (Å²) in [5, 5.41) is 9.97. The van der Waals surface area contributed by atoms with Gasteiger partial charge in [-0.2, -0.15) is 5.10 Å². The van der Waals surface area contributed by atoms with E-state index in [9.17, 15) is 9.59 Å². The highest BCUT2D eigenvalue weighted by molar-refractivity contribution is 7.12. The second-order valence-electron chi connectivity index (χ2n) is 7.14. The van der Waals surface area contributed by atoms with Gasteiger partial charge < -0.3 is 10.2 Å². The van der Waals surface area contributed by atoms with E-state index >= 15 is 0 Å². The van der Waals surface area contributed by atoms with Crippen molar-refractivity contribution < 1.29 is 9.59 Å². The van der Waals surface area contributed by atoms with Gasteiger partial charge in [0.05, 0.1) is 17.1 Å². The van der Waals surface area contributed by atoms with Crippen LogP contribution in [0.1, 0.15) is 9.67 Å². The molecule has 0 unspecified atom stereocenters. The van der Waals surface area contributed by atoms with E-state index < -0.39 is 0 Å². The van der Waals surface area contributed by atoms with Crippen LogP contribution < -0.4 is 5.32 Å². The van der Waals surface area contributed by atoms with Crippen molar-refractivity contribution in [1.82, 2.24) is 19.6 Å². The Balaban J connectivity index is 1.30. The third-order valence-electron chi connectivity index (χ3n) is 5.05. The van der Waals surface area contributed by atoms with E-state index in [1.54, 1.807) is 11.7 Å². The van der Waals surface area contributed by atoms with Crippen molar-refractivity contribution in [2.24, 2.45) is 7.05 Å². The van der Waals surface area contributed by atoms with Gasteiger partial charge in [0.2, 0.25) is 5.91 Å². The van der Waals surface area contributed by atoms with Crippen LogP contribution in [0.4, 0.5) is 5.82 Å². The minimum Gasteiger partial charge on any atom is -0.335 e. The van der Waals surface area contributed by atoms with Gasteiger partial charge in [-0.15, -0.1) is 11.3 Å². The lowest BCUT2D eigenvalue weighted by atomic mass is 10.1. The fourth-order valence-electron chi connectivity index (χ4n) is 3.40. The van der Waals surface area contributed by atoms with Gasteiger partial charge >= 0.3 is 0 Å². The van der Waals surface area contributed by atoms with Crippen molar-refractivity contribution in [2.45, 2.75) is 0 Å². The molecule has 0 radical (unpaired) electrons. The van der Waals surface area contributed by atoms with Crippen LogP contribution in [0.25, 0.3) is 11.3 Å². The number of nitrogens with one attached hydrogen (secondary N) is 1. The second kappa shape index (κ2) is 8.99. The van der Waals surface area contributed by atoms with Gasteiger partial charge in [0.15, 0.2) is 0 Å². The highest BCUT2D eigenvalue weighted by atomic mass is 35.5. The minimum atomic E-state index is -0.0984. The van der Waals surface area contributed by atoms with Gasteiger partial charge in [-0.05, 0) is 23.6 Å². The number of nitrogens with zero attached hydrogens (tertiary/aromatic N) is 4. The molecule has 0 spiro atoms. The Morgan fingerprint density at radius 1 is 1.13 bits per heavy atom. The average Bonchev–Trinajstić information content (AvgIpc) is 3.39.